The number of fused-ring (bicyclic) bond motifs is 13. The summed E-state index contributed by atoms with van der Waals surface area (Å²) in [5.41, 5.74) is 12.8. The molecule has 3 aromatic heterocycles. The van der Waals surface area contributed by atoms with Crippen LogP contribution in [0.3, 0.4) is 0 Å². The Morgan fingerprint density at radius 1 is 0.500 bits per heavy atom. The molecule has 7 heteroatoms. The Morgan fingerprint density at radius 3 is 2.14 bits per heavy atom. The molecule has 0 saturated heterocycles. The number of imidazole rings is 2. The van der Waals surface area contributed by atoms with Crippen molar-refractivity contribution in [2.24, 2.45) is 0 Å². The molecule has 7 aromatic carbocycles. The number of ether oxygens (including phenoxy) is 1. The van der Waals surface area contributed by atoms with E-state index in [-0.39, 0.29) is 6.92 Å². The predicted molar refractivity (Wildman–Crippen MR) is 201 cm³/mol. The Hall–Kier alpha value is -6.73. The zero-order chi connectivity index (χ0) is 32.5. The van der Waals surface area contributed by atoms with Crippen LogP contribution in [0.2, 0.25) is 0 Å². The van der Waals surface area contributed by atoms with Gasteiger partial charge in [-0.2, -0.15) is 0 Å². The summed E-state index contributed by atoms with van der Waals surface area (Å²) in [6, 6.07) is 53.2. The maximum Gasteiger partial charge on any atom is 0.434 e. The van der Waals surface area contributed by atoms with Gasteiger partial charge in [-0.05, 0) is 66.2 Å². The van der Waals surface area contributed by atoms with Crippen LogP contribution in [0.15, 0.2) is 152 Å². The molecule has 0 aliphatic carbocycles. The molecule has 0 unspecified atom stereocenters. The van der Waals surface area contributed by atoms with Crippen LogP contribution in [0.25, 0.3) is 72.2 Å². The maximum absolute atomic E-state index is 6.72. The average Bonchev–Trinajstić information content (AvgIpc) is 3.82. The van der Waals surface area contributed by atoms with Crippen molar-refractivity contribution >= 4 is 67.5 Å². The van der Waals surface area contributed by atoms with Gasteiger partial charge in [0.1, 0.15) is 22.8 Å². The summed E-state index contributed by atoms with van der Waals surface area (Å²) in [6.07, 6.45) is 0. The van der Waals surface area contributed by atoms with Crippen LogP contribution in [-0.4, -0.2) is 25.4 Å². The van der Waals surface area contributed by atoms with Crippen molar-refractivity contribution in [1.29, 1.82) is 0 Å². The number of para-hydroxylation sites is 6. The lowest BCUT2D eigenvalue weighted by molar-refractivity contribution is 0.479. The highest BCUT2D eigenvalue weighted by Crippen LogP contribution is 2.43. The summed E-state index contributed by atoms with van der Waals surface area (Å²) in [5, 5.41) is 2.33. The summed E-state index contributed by atoms with van der Waals surface area (Å²) >= 11 is 0. The SMILES string of the molecule is c1ccc(-n2c3ccccc3n3c4ccc5c6ccccc6n(-c6cc7c8c(c6)-c6ccccc6OB8c6ccccc6O7)c5c4nc23)cc1. The first-order valence-electron chi connectivity index (χ1n) is 16.9. The van der Waals surface area contributed by atoms with E-state index in [1.165, 1.54) is 5.39 Å². The van der Waals surface area contributed by atoms with Gasteiger partial charge in [0.15, 0.2) is 0 Å². The molecular weight excluding hydrogens is 615 g/mol. The minimum Gasteiger partial charge on any atom is -0.551 e. The summed E-state index contributed by atoms with van der Waals surface area (Å²) in [4.78, 5) is 5.51. The molecule has 10 aromatic rings. The van der Waals surface area contributed by atoms with Crippen LogP contribution >= 0.6 is 0 Å². The molecule has 12 rings (SSSR count). The fourth-order valence-corrected chi connectivity index (χ4v) is 8.44. The number of benzene rings is 7. The number of aromatic nitrogens is 4. The Morgan fingerprint density at radius 2 is 1.24 bits per heavy atom. The highest BCUT2D eigenvalue weighted by atomic mass is 16.5. The average molecular weight is 641 g/mol. The van der Waals surface area contributed by atoms with E-state index in [2.05, 4.69) is 141 Å². The summed E-state index contributed by atoms with van der Waals surface area (Å²) in [6.45, 7) is -0.251. The molecule has 0 bridgehead atoms. The zero-order valence-electron chi connectivity index (χ0n) is 26.6. The lowest BCUT2D eigenvalue weighted by Gasteiger charge is -2.33. The molecule has 232 valence electrons. The number of rotatable bonds is 2. The van der Waals surface area contributed by atoms with Crippen LogP contribution in [0.1, 0.15) is 0 Å². The molecule has 2 aliphatic heterocycles. The molecule has 0 N–H and O–H groups in total. The minimum atomic E-state index is -0.251. The molecule has 0 fully saturated rings. The Kier molecular flexibility index (Phi) is 4.96. The summed E-state index contributed by atoms with van der Waals surface area (Å²) in [7, 11) is 0. The number of hydrogen-bond acceptors (Lipinski definition) is 3. The smallest absolute Gasteiger partial charge is 0.434 e. The summed E-state index contributed by atoms with van der Waals surface area (Å²) in [5.74, 6) is 3.39. The first kappa shape index (κ1) is 26.3. The largest absolute Gasteiger partial charge is 0.551 e. The fourth-order valence-electron chi connectivity index (χ4n) is 8.44. The van der Waals surface area contributed by atoms with Crippen LogP contribution in [0, 0.1) is 0 Å². The minimum absolute atomic E-state index is 0.251. The molecule has 0 amide bonds. The van der Waals surface area contributed by atoms with Gasteiger partial charge in [-0.25, -0.2) is 4.98 Å². The monoisotopic (exact) mass is 640 g/mol. The van der Waals surface area contributed by atoms with Crippen molar-refractivity contribution < 1.29 is 9.39 Å². The van der Waals surface area contributed by atoms with E-state index in [4.69, 9.17) is 14.4 Å². The molecule has 5 heterocycles. The number of nitrogens with zero attached hydrogens (tertiary/aromatic N) is 4. The predicted octanol–water partition coefficient (Wildman–Crippen LogP) is 8.80. The van der Waals surface area contributed by atoms with E-state index < -0.39 is 0 Å². The molecule has 2 aliphatic rings. The topological polar surface area (TPSA) is 45.6 Å². The van der Waals surface area contributed by atoms with Gasteiger partial charge in [0.05, 0.1) is 33.3 Å². The maximum atomic E-state index is 6.72. The second-order valence-electron chi connectivity index (χ2n) is 13.1. The molecule has 0 atom stereocenters. The third-order valence-electron chi connectivity index (χ3n) is 10.5. The fraction of sp³-hybridized carbons (Fsp3) is 0. The van der Waals surface area contributed by atoms with Crippen LogP contribution in [0.5, 0.6) is 17.2 Å². The highest BCUT2D eigenvalue weighted by molar-refractivity contribution is 6.84. The van der Waals surface area contributed by atoms with Gasteiger partial charge in [-0.1, -0.05) is 84.9 Å². The third-order valence-corrected chi connectivity index (χ3v) is 10.5. The number of hydrogen-bond donors (Lipinski definition) is 0. The standard InChI is InChI=1S/C43H25BN4O2/c1-2-12-26(13-3-1)47-34-18-8-9-19-35(34)48-36-23-22-30-28-14-4-7-17-33(28)46(42(30)41(36)45-43(47)48)27-24-31-29-15-5-10-20-37(29)50-44-32-16-6-11-21-38(32)49-39(25-27)40(31)44/h1-25H. The second-order valence-corrected chi connectivity index (χ2v) is 13.1. The lowest BCUT2D eigenvalue weighted by Crippen LogP contribution is -2.53. The van der Waals surface area contributed by atoms with Crippen molar-refractivity contribution in [3.05, 3.63) is 152 Å². The summed E-state index contributed by atoms with van der Waals surface area (Å²) < 4.78 is 20.4. The molecule has 0 spiro atoms. The van der Waals surface area contributed by atoms with Gasteiger partial charge in [0.25, 0.3) is 0 Å². The molecular formula is C43H25BN4O2. The zero-order valence-corrected chi connectivity index (χ0v) is 26.6. The van der Waals surface area contributed by atoms with Crippen molar-refractivity contribution in [2.45, 2.75) is 0 Å². The van der Waals surface area contributed by atoms with Gasteiger partial charge in [-0.15, -0.1) is 0 Å². The molecule has 50 heavy (non-hydrogen) atoms. The van der Waals surface area contributed by atoms with Gasteiger partial charge < -0.3 is 14.0 Å². The van der Waals surface area contributed by atoms with Gasteiger partial charge in [-0.3, -0.25) is 8.97 Å². The van der Waals surface area contributed by atoms with Gasteiger partial charge in [0, 0.05) is 39.0 Å². The first-order chi connectivity index (χ1) is 24.8. The molecule has 0 radical (unpaired) electrons. The van der Waals surface area contributed by atoms with Crippen LogP contribution < -0.4 is 20.3 Å². The molecule has 0 saturated carbocycles. The Bertz CT molecular complexity index is 3060. The van der Waals surface area contributed by atoms with E-state index in [0.717, 1.165) is 94.9 Å². The van der Waals surface area contributed by atoms with Gasteiger partial charge >= 0.3 is 6.92 Å². The lowest BCUT2D eigenvalue weighted by atomic mass is 9.51. The Labute approximate surface area is 286 Å². The normalized spacial score (nSPS) is 13.1. The Balaban J connectivity index is 1.21. The van der Waals surface area contributed by atoms with E-state index in [9.17, 15) is 0 Å². The van der Waals surface area contributed by atoms with Crippen molar-refractivity contribution in [3.8, 4) is 39.8 Å². The van der Waals surface area contributed by atoms with Crippen LogP contribution in [-0.2, 0) is 0 Å². The van der Waals surface area contributed by atoms with Crippen molar-refractivity contribution in [1.82, 2.24) is 18.5 Å². The third kappa shape index (κ3) is 3.31. The highest BCUT2D eigenvalue weighted by Gasteiger charge is 2.41. The molecule has 6 nitrogen and oxygen atoms in total. The van der Waals surface area contributed by atoms with E-state index >= 15 is 0 Å². The van der Waals surface area contributed by atoms with Gasteiger partial charge in [0.2, 0.25) is 5.78 Å². The van der Waals surface area contributed by atoms with Crippen LogP contribution in [0.4, 0.5) is 0 Å². The van der Waals surface area contributed by atoms with E-state index in [0.29, 0.717) is 0 Å². The quantitative estimate of drug-likeness (QED) is 0.178. The van der Waals surface area contributed by atoms with Crippen molar-refractivity contribution in [2.75, 3.05) is 0 Å². The van der Waals surface area contributed by atoms with E-state index in [1.807, 2.05) is 24.3 Å². The second kappa shape index (κ2) is 9.46. The first-order valence-corrected chi connectivity index (χ1v) is 16.9. The van der Waals surface area contributed by atoms with E-state index in [1.54, 1.807) is 0 Å². The van der Waals surface area contributed by atoms with Crippen molar-refractivity contribution in [3.63, 3.8) is 0 Å².